The molecule has 0 bridgehead atoms. The van der Waals surface area contributed by atoms with Crippen molar-refractivity contribution in [2.45, 2.75) is 46.0 Å². The second-order valence-corrected chi connectivity index (χ2v) is 5.31. The van der Waals surface area contributed by atoms with Gasteiger partial charge in [0.1, 0.15) is 0 Å². The fraction of sp³-hybridized carbons (Fsp3) is 0.750. The van der Waals surface area contributed by atoms with Crippen LogP contribution in [0.4, 0.5) is 0 Å². The highest BCUT2D eigenvalue weighted by Gasteiger charge is 2.36. The van der Waals surface area contributed by atoms with E-state index in [2.05, 4.69) is 0 Å². The molecule has 5 heteroatoms. The number of carbonyl (C=O) groups is 3. The van der Waals surface area contributed by atoms with E-state index in [1.54, 1.807) is 0 Å². The average Bonchev–Trinajstić information content (AvgIpc) is 2.12. The number of hydrogen-bond donors (Lipinski definition) is 1. The van der Waals surface area contributed by atoms with Crippen LogP contribution in [0.2, 0.25) is 0 Å². The second-order valence-electron chi connectivity index (χ2n) is 5.31. The second kappa shape index (κ2) is 5.29. The number of piperidine rings is 1. The molecule has 1 aliphatic rings. The Bertz CT molecular complexity index is 315. The van der Waals surface area contributed by atoms with E-state index in [1.165, 1.54) is 4.90 Å². The Morgan fingerprint density at radius 1 is 1.24 bits per heavy atom. The Morgan fingerprint density at radius 2 is 1.76 bits per heavy atom. The number of unbranched alkanes of at least 4 members (excludes halogenated alkanes) is 1. The molecule has 0 spiro atoms. The minimum Gasteiger partial charge on any atom is -0.481 e. The van der Waals surface area contributed by atoms with Gasteiger partial charge in [-0.2, -0.15) is 0 Å². The molecule has 96 valence electrons. The van der Waals surface area contributed by atoms with E-state index in [9.17, 15) is 14.4 Å². The van der Waals surface area contributed by atoms with E-state index in [1.807, 2.05) is 13.8 Å². The van der Waals surface area contributed by atoms with Gasteiger partial charge in [-0.3, -0.25) is 19.3 Å². The van der Waals surface area contributed by atoms with Gasteiger partial charge in [-0.05, 0) is 18.3 Å². The van der Waals surface area contributed by atoms with Gasteiger partial charge in [0.15, 0.2) is 0 Å². The standard InChI is InChI=1S/C12H19NO4/c1-12(2)7-9(14)13(10(15)8-12)6-4-3-5-11(16)17/h3-8H2,1-2H3,(H,16,17). The third-order valence-electron chi connectivity index (χ3n) is 2.88. The lowest BCUT2D eigenvalue weighted by molar-refractivity contribution is -0.152. The highest BCUT2D eigenvalue weighted by molar-refractivity contribution is 5.98. The van der Waals surface area contributed by atoms with E-state index in [4.69, 9.17) is 5.11 Å². The molecule has 0 aliphatic carbocycles. The van der Waals surface area contributed by atoms with Crippen molar-refractivity contribution >= 4 is 17.8 Å². The smallest absolute Gasteiger partial charge is 0.303 e. The minimum absolute atomic E-state index is 0.0850. The van der Waals surface area contributed by atoms with Crippen LogP contribution in [0, 0.1) is 5.41 Å². The number of carbonyl (C=O) groups excluding carboxylic acids is 2. The van der Waals surface area contributed by atoms with Crippen LogP contribution in [0.25, 0.3) is 0 Å². The number of nitrogens with zero attached hydrogens (tertiary/aromatic N) is 1. The maximum Gasteiger partial charge on any atom is 0.303 e. The number of likely N-dealkylation sites (tertiary alicyclic amines) is 1. The number of hydrogen-bond acceptors (Lipinski definition) is 3. The zero-order valence-corrected chi connectivity index (χ0v) is 10.4. The van der Waals surface area contributed by atoms with E-state index in [0.717, 1.165) is 0 Å². The molecule has 2 amide bonds. The number of rotatable bonds is 5. The Balaban J connectivity index is 2.41. The van der Waals surface area contributed by atoms with Crippen molar-refractivity contribution in [2.75, 3.05) is 6.54 Å². The highest BCUT2D eigenvalue weighted by Crippen LogP contribution is 2.31. The highest BCUT2D eigenvalue weighted by atomic mass is 16.4. The van der Waals surface area contributed by atoms with Crippen LogP contribution in [0.5, 0.6) is 0 Å². The lowest BCUT2D eigenvalue weighted by Gasteiger charge is -2.34. The lowest BCUT2D eigenvalue weighted by Crippen LogP contribution is -2.46. The van der Waals surface area contributed by atoms with Crippen molar-refractivity contribution in [3.8, 4) is 0 Å². The first-order valence-electron chi connectivity index (χ1n) is 5.87. The molecule has 1 aliphatic heterocycles. The predicted octanol–water partition coefficient (Wildman–Crippen LogP) is 1.42. The quantitative estimate of drug-likeness (QED) is 0.583. The molecule has 1 rings (SSSR count). The molecule has 0 atom stereocenters. The van der Waals surface area contributed by atoms with Crippen LogP contribution >= 0.6 is 0 Å². The Hall–Kier alpha value is -1.39. The van der Waals surface area contributed by atoms with Gasteiger partial charge >= 0.3 is 5.97 Å². The summed E-state index contributed by atoms with van der Waals surface area (Å²) in [4.78, 5) is 35.1. The van der Waals surface area contributed by atoms with E-state index in [-0.39, 0.29) is 23.7 Å². The maximum atomic E-state index is 11.7. The van der Waals surface area contributed by atoms with Crippen molar-refractivity contribution in [3.05, 3.63) is 0 Å². The molecule has 17 heavy (non-hydrogen) atoms. The maximum absolute atomic E-state index is 11.7. The summed E-state index contributed by atoms with van der Waals surface area (Å²) in [6, 6.07) is 0. The van der Waals surface area contributed by atoms with Gasteiger partial charge in [-0.1, -0.05) is 13.8 Å². The first kappa shape index (κ1) is 13.7. The van der Waals surface area contributed by atoms with Gasteiger partial charge in [-0.25, -0.2) is 0 Å². The molecule has 0 unspecified atom stereocenters. The molecule has 5 nitrogen and oxygen atoms in total. The number of amides is 2. The van der Waals surface area contributed by atoms with Gasteiger partial charge in [0.05, 0.1) is 0 Å². The van der Waals surface area contributed by atoms with Crippen molar-refractivity contribution in [1.29, 1.82) is 0 Å². The number of aliphatic carboxylic acids is 1. The normalized spacial score (nSPS) is 19.5. The van der Waals surface area contributed by atoms with Gasteiger partial charge in [0.25, 0.3) is 0 Å². The zero-order valence-electron chi connectivity index (χ0n) is 10.4. The van der Waals surface area contributed by atoms with Gasteiger partial charge in [0, 0.05) is 25.8 Å². The van der Waals surface area contributed by atoms with Crippen LogP contribution in [0.3, 0.4) is 0 Å². The summed E-state index contributed by atoms with van der Waals surface area (Å²) >= 11 is 0. The summed E-state index contributed by atoms with van der Waals surface area (Å²) in [5, 5.41) is 8.48. The lowest BCUT2D eigenvalue weighted by atomic mass is 9.82. The van der Waals surface area contributed by atoms with E-state index in [0.29, 0.717) is 32.2 Å². The summed E-state index contributed by atoms with van der Waals surface area (Å²) < 4.78 is 0. The summed E-state index contributed by atoms with van der Waals surface area (Å²) in [7, 11) is 0. The van der Waals surface area contributed by atoms with Crippen molar-refractivity contribution in [1.82, 2.24) is 4.90 Å². The Morgan fingerprint density at radius 3 is 2.24 bits per heavy atom. The van der Waals surface area contributed by atoms with Crippen molar-refractivity contribution in [2.24, 2.45) is 5.41 Å². The van der Waals surface area contributed by atoms with Crippen molar-refractivity contribution < 1.29 is 19.5 Å². The van der Waals surface area contributed by atoms with Crippen LogP contribution in [-0.4, -0.2) is 34.3 Å². The predicted molar refractivity (Wildman–Crippen MR) is 61.2 cm³/mol. The van der Waals surface area contributed by atoms with Crippen LogP contribution in [0.15, 0.2) is 0 Å². The zero-order chi connectivity index (χ0) is 13.1. The molecule has 1 heterocycles. The van der Waals surface area contributed by atoms with Crippen molar-refractivity contribution in [3.63, 3.8) is 0 Å². The minimum atomic E-state index is -0.845. The third-order valence-corrected chi connectivity index (χ3v) is 2.88. The fourth-order valence-electron chi connectivity index (χ4n) is 2.01. The first-order chi connectivity index (χ1) is 7.82. The van der Waals surface area contributed by atoms with Crippen LogP contribution in [-0.2, 0) is 14.4 Å². The van der Waals surface area contributed by atoms with E-state index < -0.39 is 5.97 Å². The summed E-state index contributed by atoms with van der Waals surface area (Å²) in [6.07, 6.45) is 1.91. The number of imide groups is 1. The van der Waals surface area contributed by atoms with Gasteiger partial charge in [-0.15, -0.1) is 0 Å². The summed E-state index contributed by atoms with van der Waals surface area (Å²) in [5.41, 5.74) is -0.244. The molecule has 0 radical (unpaired) electrons. The largest absolute Gasteiger partial charge is 0.481 e. The van der Waals surface area contributed by atoms with Crippen LogP contribution in [0.1, 0.15) is 46.0 Å². The molecule has 0 saturated carbocycles. The molecular weight excluding hydrogens is 222 g/mol. The molecule has 1 fully saturated rings. The Kier molecular flexibility index (Phi) is 4.26. The summed E-state index contributed by atoms with van der Waals surface area (Å²) in [5.74, 6) is -1.12. The third kappa shape index (κ3) is 4.17. The number of carboxylic acids is 1. The Labute approximate surface area is 101 Å². The SMILES string of the molecule is CC1(C)CC(=O)N(CCCCC(=O)O)C(=O)C1. The molecule has 1 N–H and O–H groups in total. The monoisotopic (exact) mass is 241 g/mol. The van der Waals surface area contributed by atoms with Crippen LogP contribution < -0.4 is 0 Å². The topological polar surface area (TPSA) is 74.7 Å². The van der Waals surface area contributed by atoms with E-state index >= 15 is 0 Å². The number of carboxylic acid groups (broad SMARTS) is 1. The molecule has 0 aromatic carbocycles. The fourth-order valence-corrected chi connectivity index (χ4v) is 2.01. The molecule has 0 aromatic rings. The van der Waals surface area contributed by atoms with Gasteiger partial charge < -0.3 is 5.11 Å². The first-order valence-corrected chi connectivity index (χ1v) is 5.87. The molecule has 0 aromatic heterocycles. The molecule has 1 saturated heterocycles. The molecular formula is C12H19NO4. The van der Waals surface area contributed by atoms with Gasteiger partial charge in [0.2, 0.25) is 11.8 Å². The summed E-state index contributed by atoms with van der Waals surface area (Å²) in [6.45, 7) is 4.16. The average molecular weight is 241 g/mol.